The lowest BCUT2D eigenvalue weighted by Crippen LogP contribution is -2.42. The van der Waals surface area contributed by atoms with E-state index in [4.69, 9.17) is 14.2 Å². The zero-order chi connectivity index (χ0) is 29.1. The Labute approximate surface area is 235 Å². The summed E-state index contributed by atoms with van der Waals surface area (Å²) in [6.07, 6.45) is 5.30. The van der Waals surface area contributed by atoms with Crippen molar-refractivity contribution in [2.75, 3.05) is 27.4 Å². The molecule has 1 saturated carbocycles. The number of benzene rings is 2. The number of fused-ring (bicyclic) bond motifs is 1. The first-order valence-electron chi connectivity index (χ1n) is 13.7. The molecule has 1 aliphatic carbocycles. The summed E-state index contributed by atoms with van der Waals surface area (Å²) in [5.41, 5.74) is -0.0674. The zero-order valence-corrected chi connectivity index (χ0v) is 24.7. The van der Waals surface area contributed by atoms with Crippen LogP contribution in [-0.4, -0.2) is 55.8 Å². The van der Waals surface area contributed by atoms with Gasteiger partial charge in [0, 0.05) is 30.3 Å². The average Bonchev–Trinajstić information content (AvgIpc) is 3.24. The van der Waals surface area contributed by atoms with Crippen molar-refractivity contribution in [3.63, 3.8) is 0 Å². The van der Waals surface area contributed by atoms with Crippen LogP contribution in [0.5, 0.6) is 11.5 Å². The minimum atomic E-state index is -4.41. The predicted octanol–water partition coefficient (Wildman–Crippen LogP) is 4.50. The molecule has 1 N–H and O–H groups in total. The smallest absolute Gasteiger partial charge is 0.343 e. The lowest BCUT2D eigenvalue weighted by Gasteiger charge is -2.24. The highest BCUT2D eigenvalue weighted by Crippen LogP contribution is 2.34. The van der Waals surface area contributed by atoms with E-state index in [1.54, 1.807) is 29.9 Å². The van der Waals surface area contributed by atoms with Crippen LogP contribution in [-0.2, 0) is 14.8 Å². The molecule has 0 bridgehead atoms. The second-order valence-corrected chi connectivity index (χ2v) is 12.5. The van der Waals surface area contributed by atoms with Crippen LogP contribution in [0.15, 0.2) is 46.1 Å². The minimum absolute atomic E-state index is 0.0214. The van der Waals surface area contributed by atoms with Gasteiger partial charge < -0.3 is 19.5 Å². The summed E-state index contributed by atoms with van der Waals surface area (Å²) in [5, 5.41) is 2.94. The van der Waals surface area contributed by atoms with E-state index >= 15 is 0 Å². The number of nitrogens with zero attached hydrogens (tertiary/aromatic N) is 2. The number of hydrogen-bond acceptors (Lipinski definition) is 7. The molecule has 4 rings (SSSR count). The van der Waals surface area contributed by atoms with Gasteiger partial charge in [-0.2, -0.15) is 3.97 Å². The maximum atomic E-state index is 14.1. The molecular weight excluding hydrogens is 534 g/mol. The summed E-state index contributed by atoms with van der Waals surface area (Å²) >= 11 is 0. The lowest BCUT2D eigenvalue weighted by molar-refractivity contribution is 0.0910. The summed E-state index contributed by atoms with van der Waals surface area (Å²) in [7, 11) is -1.49. The van der Waals surface area contributed by atoms with Gasteiger partial charge in [-0.1, -0.05) is 26.2 Å². The van der Waals surface area contributed by atoms with Gasteiger partial charge in [0.05, 0.1) is 24.8 Å². The van der Waals surface area contributed by atoms with Crippen LogP contribution in [0.4, 0.5) is 0 Å². The number of aromatic nitrogens is 2. The quantitative estimate of drug-likeness (QED) is 0.336. The number of methoxy groups -OCH3 is 2. The highest BCUT2D eigenvalue weighted by Gasteiger charge is 2.32. The Kier molecular flexibility index (Phi) is 8.94. The van der Waals surface area contributed by atoms with Gasteiger partial charge in [-0.25, -0.2) is 13.2 Å². The van der Waals surface area contributed by atoms with Gasteiger partial charge in [-0.3, -0.25) is 9.36 Å². The molecule has 1 fully saturated rings. The lowest BCUT2D eigenvalue weighted by atomic mass is 9.95. The van der Waals surface area contributed by atoms with Gasteiger partial charge in [0.1, 0.15) is 23.0 Å². The molecule has 0 spiro atoms. The van der Waals surface area contributed by atoms with Gasteiger partial charge in [0.25, 0.3) is 15.9 Å². The summed E-state index contributed by atoms with van der Waals surface area (Å²) in [5.74, 6) is 0.153. The fourth-order valence-corrected chi connectivity index (χ4v) is 6.56. The molecule has 1 amide bonds. The number of ether oxygens (including phenoxy) is 3. The SMILES string of the molecule is CCC(C)(C)NC(=O)c1ccc(S(=O)(=O)n2c(=O)n(C3CCCCC3)c3cc(OCCOC)ccc32)c(OC)c1. The Bertz CT molecular complexity index is 1530. The van der Waals surface area contributed by atoms with Gasteiger partial charge in [0.2, 0.25) is 0 Å². The van der Waals surface area contributed by atoms with E-state index in [-0.39, 0.29) is 33.7 Å². The Morgan fingerprint density at radius 1 is 1.02 bits per heavy atom. The van der Waals surface area contributed by atoms with Crippen molar-refractivity contribution in [3.8, 4) is 11.5 Å². The van der Waals surface area contributed by atoms with E-state index in [1.165, 1.54) is 25.3 Å². The van der Waals surface area contributed by atoms with Gasteiger partial charge >= 0.3 is 5.69 Å². The molecule has 2 aromatic carbocycles. The van der Waals surface area contributed by atoms with E-state index in [9.17, 15) is 18.0 Å². The first-order valence-corrected chi connectivity index (χ1v) is 15.1. The number of imidazole rings is 1. The second kappa shape index (κ2) is 12.1. The highest BCUT2D eigenvalue weighted by molar-refractivity contribution is 7.90. The number of nitrogens with one attached hydrogen (secondary N) is 1. The van der Waals surface area contributed by atoms with Crippen LogP contribution in [0, 0.1) is 0 Å². The molecule has 0 atom stereocenters. The Balaban J connectivity index is 1.84. The summed E-state index contributed by atoms with van der Waals surface area (Å²) in [6, 6.07) is 8.98. The molecule has 11 heteroatoms. The molecule has 0 saturated heterocycles. The molecule has 1 aliphatic rings. The fourth-order valence-electron chi connectivity index (χ4n) is 5.02. The van der Waals surface area contributed by atoms with E-state index in [0.29, 0.717) is 24.5 Å². The fraction of sp³-hybridized carbons (Fsp3) is 0.517. The third-order valence-electron chi connectivity index (χ3n) is 7.58. The second-order valence-electron chi connectivity index (χ2n) is 10.8. The summed E-state index contributed by atoms with van der Waals surface area (Å²) < 4.78 is 46.9. The normalized spacial score (nSPS) is 14.8. The van der Waals surface area contributed by atoms with Gasteiger partial charge in [-0.05, 0) is 63.4 Å². The molecular formula is C29H39N3O7S. The molecule has 1 aromatic heterocycles. The van der Waals surface area contributed by atoms with Crippen molar-refractivity contribution in [1.82, 2.24) is 13.9 Å². The van der Waals surface area contributed by atoms with E-state index in [0.717, 1.165) is 42.5 Å². The van der Waals surface area contributed by atoms with Crippen LogP contribution < -0.4 is 20.5 Å². The molecule has 0 aliphatic heterocycles. The molecule has 10 nitrogen and oxygen atoms in total. The number of carbonyl (C=O) groups is 1. The first kappa shape index (κ1) is 29.7. The zero-order valence-electron chi connectivity index (χ0n) is 23.9. The van der Waals surface area contributed by atoms with Crippen LogP contribution in [0.25, 0.3) is 11.0 Å². The monoisotopic (exact) mass is 573 g/mol. The Morgan fingerprint density at radius 2 is 1.75 bits per heavy atom. The Hall–Kier alpha value is -3.31. The van der Waals surface area contributed by atoms with Crippen molar-refractivity contribution >= 4 is 27.0 Å². The number of rotatable bonds is 11. The first-order chi connectivity index (χ1) is 19.0. The van der Waals surface area contributed by atoms with E-state index in [2.05, 4.69) is 5.32 Å². The van der Waals surface area contributed by atoms with Gasteiger partial charge in [-0.15, -0.1) is 0 Å². The minimum Gasteiger partial charge on any atom is -0.495 e. The van der Waals surface area contributed by atoms with Gasteiger partial charge in [0.15, 0.2) is 0 Å². The largest absolute Gasteiger partial charge is 0.495 e. The number of amides is 1. The maximum absolute atomic E-state index is 14.1. The van der Waals surface area contributed by atoms with Crippen molar-refractivity contribution in [2.24, 2.45) is 0 Å². The molecule has 218 valence electrons. The highest BCUT2D eigenvalue weighted by atomic mass is 32.2. The molecule has 3 aromatic rings. The van der Waals surface area contributed by atoms with Crippen molar-refractivity contribution in [1.29, 1.82) is 0 Å². The molecule has 0 radical (unpaired) electrons. The van der Waals surface area contributed by atoms with E-state index < -0.39 is 21.3 Å². The standard InChI is InChI=1S/C29H39N3O7S/c1-6-29(2,3)30-27(33)20-12-15-26(25(18-20)38-5)40(35,36)32-23-14-13-22(39-17-16-37-4)19-24(23)31(28(32)34)21-10-8-7-9-11-21/h12-15,18-19,21H,6-11,16-17H2,1-5H3,(H,30,33). The number of carbonyl (C=O) groups excluding carboxylic acids is 1. The van der Waals surface area contributed by atoms with Crippen molar-refractivity contribution in [2.45, 2.75) is 75.8 Å². The molecule has 1 heterocycles. The molecule has 0 unspecified atom stereocenters. The van der Waals surface area contributed by atoms with E-state index in [1.807, 2.05) is 20.8 Å². The predicted molar refractivity (Wildman–Crippen MR) is 153 cm³/mol. The Morgan fingerprint density at radius 3 is 2.40 bits per heavy atom. The third kappa shape index (κ3) is 5.90. The average molecular weight is 574 g/mol. The van der Waals surface area contributed by atoms with Crippen molar-refractivity contribution in [3.05, 3.63) is 52.4 Å². The molecule has 40 heavy (non-hydrogen) atoms. The van der Waals surface area contributed by atoms with Crippen LogP contribution in [0.1, 0.15) is 75.7 Å². The van der Waals surface area contributed by atoms with Crippen LogP contribution in [0.3, 0.4) is 0 Å². The number of hydrogen-bond donors (Lipinski definition) is 1. The summed E-state index contributed by atoms with van der Waals surface area (Å²) in [6.45, 7) is 6.49. The van der Waals surface area contributed by atoms with Crippen molar-refractivity contribution < 1.29 is 27.4 Å². The maximum Gasteiger partial charge on any atom is 0.343 e. The third-order valence-corrected chi connectivity index (χ3v) is 9.31. The summed E-state index contributed by atoms with van der Waals surface area (Å²) in [4.78, 5) is 26.6. The van der Waals surface area contributed by atoms with Crippen LogP contribution >= 0.6 is 0 Å². The topological polar surface area (TPSA) is 118 Å². The van der Waals surface area contributed by atoms with Crippen LogP contribution in [0.2, 0.25) is 0 Å².